The number of amides is 2. The maximum absolute atomic E-state index is 12.4. The van der Waals surface area contributed by atoms with Crippen LogP contribution in [0.25, 0.3) is 0 Å². The molecule has 4 heteroatoms. The quantitative estimate of drug-likeness (QED) is 0.835. The SMILES string of the molecule is O=C1SC(c2ccccc2)C(=O)N1c1ccccc1. The predicted molar refractivity (Wildman–Crippen MR) is 76.1 cm³/mol. The van der Waals surface area contributed by atoms with Gasteiger partial charge in [0.15, 0.2) is 0 Å². The summed E-state index contributed by atoms with van der Waals surface area (Å²) in [5, 5.41) is -0.654. The number of imide groups is 1. The Morgan fingerprint density at radius 3 is 2.05 bits per heavy atom. The summed E-state index contributed by atoms with van der Waals surface area (Å²) < 4.78 is 0. The summed E-state index contributed by atoms with van der Waals surface area (Å²) in [6.45, 7) is 0. The van der Waals surface area contributed by atoms with E-state index < -0.39 is 5.25 Å². The van der Waals surface area contributed by atoms with Crippen LogP contribution in [-0.4, -0.2) is 11.1 Å². The van der Waals surface area contributed by atoms with Gasteiger partial charge < -0.3 is 0 Å². The van der Waals surface area contributed by atoms with Crippen molar-refractivity contribution in [3.05, 3.63) is 66.2 Å². The molecule has 1 heterocycles. The molecule has 1 fully saturated rings. The number of carbonyl (C=O) groups excluding carboxylic acids is 2. The first-order valence-electron chi connectivity index (χ1n) is 5.92. The van der Waals surface area contributed by atoms with Gasteiger partial charge in [0.05, 0.1) is 5.69 Å². The largest absolute Gasteiger partial charge is 0.294 e. The highest BCUT2D eigenvalue weighted by atomic mass is 32.2. The Labute approximate surface area is 115 Å². The van der Waals surface area contributed by atoms with E-state index in [-0.39, 0.29) is 11.1 Å². The number of carbonyl (C=O) groups is 2. The fraction of sp³-hybridized carbons (Fsp3) is 0.0667. The lowest BCUT2D eigenvalue weighted by atomic mass is 10.1. The second-order valence-electron chi connectivity index (χ2n) is 4.18. The Morgan fingerprint density at radius 1 is 0.842 bits per heavy atom. The molecule has 1 unspecified atom stereocenters. The van der Waals surface area contributed by atoms with Gasteiger partial charge in [-0.2, -0.15) is 0 Å². The van der Waals surface area contributed by atoms with Crippen LogP contribution in [0, 0.1) is 0 Å². The van der Waals surface area contributed by atoms with Gasteiger partial charge in [-0.05, 0) is 29.5 Å². The van der Waals surface area contributed by atoms with E-state index in [0.29, 0.717) is 5.69 Å². The third-order valence-corrected chi connectivity index (χ3v) is 4.06. The van der Waals surface area contributed by atoms with Crippen LogP contribution < -0.4 is 4.90 Å². The molecule has 2 aromatic rings. The van der Waals surface area contributed by atoms with Gasteiger partial charge in [-0.3, -0.25) is 9.59 Å². The molecule has 0 aromatic heterocycles. The Kier molecular flexibility index (Phi) is 3.09. The number of hydrogen-bond donors (Lipinski definition) is 0. The molecule has 3 rings (SSSR count). The lowest BCUT2D eigenvalue weighted by Gasteiger charge is -2.13. The number of para-hydroxylation sites is 1. The molecule has 2 amide bonds. The maximum atomic E-state index is 12.4. The number of anilines is 1. The molecular weight excluding hydrogens is 258 g/mol. The number of thioether (sulfide) groups is 1. The van der Waals surface area contributed by atoms with Crippen LogP contribution in [0.3, 0.4) is 0 Å². The first-order valence-corrected chi connectivity index (χ1v) is 6.80. The van der Waals surface area contributed by atoms with Crippen LogP contribution in [-0.2, 0) is 4.79 Å². The smallest absolute Gasteiger partial charge is 0.272 e. The normalized spacial score (nSPS) is 18.9. The Hall–Kier alpha value is -2.07. The molecule has 1 saturated heterocycles. The van der Waals surface area contributed by atoms with Gasteiger partial charge in [0.1, 0.15) is 5.25 Å². The minimum atomic E-state index is -0.436. The Balaban J connectivity index is 1.94. The van der Waals surface area contributed by atoms with Gasteiger partial charge in [-0.25, -0.2) is 4.90 Å². The third-order valence-electron chi connectivity index (χ3n) is 2.96. The summed E-state index contributed by atoms with van der Waals surface area (Å²) in [6, 6.07) is 18.4. The third kappa shape index (κ3) is 2.15. The van der Waals surface area contributed by atoms with E-state index in [1.165, 1.54) is 4.90 Å². The highest BCUT2D eigenvalue weighted by Crippen LogP contribution is 2.41. The van der Waals surface area contributed by atoms with Crippen LogP contribution in [0.1, 0.15) is 10.8 Å². The summed E-state index contributed by atoms with van der Waals surface area (Å²) in [4.78, 5) is 25.7. The number of hydrogen-bond acceptors (Lipinski definition) is 3. The molecule has 0 spiro atoms. The summed E-state index contributed by atoms with van der Waals surface area (Å²) in [5.41, 5.74) is 1.49. The van der Waals surface area contributed by atoms with Gasteiger partial charge in [-0.15, -0.1) is 0 Å². The van der Waals surface area contributed by atoms with Crippen LogP contribution in [0.15, 0.2) is 60.7 Å². The summed E-state index contributed by atoms with van der Waals surface area (Å²) in [5.74, 6) is -0.174. The second kappa shape index (κ2) is 4.90. The van der Waals surface area contributed by atoms with Crippen LogP contribution in [0.5, 0.6) is 0 Å². The van der Waals surface area contributed by atoms with E-state index in [2.05, 4.69) is 0 Å². The molecule has 1 aliphatic heterocycles. The molecule has 1 aliphatic rings. The number of rotatable bonds is 2. The number of benzene rings is 2. The highest BCUT2D eigenvalue weighted by molar-refractivity contribution is 8.15. The van der Waals surface area contributed by atoms with Crippen molar-refractivity contribution in [1.82, 2.24) is 0 Å². The molecule has 0 N–H and O–H groups in total. The average molecular weight is 269 g/mol. The van der Waals surface area contributed by atoms with Crippen molar-refractivity contribution in [3.8, 4) is 0 Å². The van der Waals surface area contributed by atoms with E-state index in [1.807, 2.05) is 48.5 Å². The molecule has 19 heavy (non-hydrogen) atoms. The Bertz CT molecular complexity index is 613. The van der Waals surface area contributed by atoms with Crippen molar-refractivity contribution in [1.29, 1.82) is 0 Å². The van der Waals surface area contributed by atoms with E-state index in [1.54, 1.807) is 12.1 Å². The minimum absolute atomic E-state index is 0.174. The van der Waals surface area contributed by atoms with Crippen LogP contribution in [0.4, 0.5) is 10.5 Å². The molecule has 0 aliphatic carbocycles. The topological polar surface area (TPSA) is 37.4 Å². The van der Waals surface area contributed by atoms with Crippen molar-refractivity contribution < 1.29 is 9.59 Å². The number of nitrogens with zero attached hydrogens (tertiary/aromatic N) is 1. The molecule has 0 saturated carbocycles. The van der Waals surface area contributed by atoms with E-state index in [9.17, 15) is 9.59 Å². The molecule has 3 nitrogen and oxygen atoms in total. The second-order valence-corrected chi connectivity index (χ2v) is 5.24. The van der Waals surface area contributed by atoms with Gasteiger partial charge in [0.2, 0.25) is 0 Å². The lowest BCUT2D eigenvalue weighted by molar-refractivity contribution is -0.117. The zero-order valence-corrected chi connectivity index (χ0v) is 10.8. The minimum Gasteiger partial charge on any atom is -0.272 e. The van der Waals surface area contributed by atoms with Gasteiger partial charge >= 0.3 is 0 Å². The lowest BCUT2D eigenvalue weighted by Crippen LogP contribution is -2.28. The van der Waals surface area contributed by atoms with Crippen LogP contribution >= 0.6 is 11.8 Å². The zero-order valence-electron chi connectivity index (χ0n) is 10.0. The monoisotopic (exact) mass is 269 g/mol. The first-order chi connectivity index (χ1) is 9.27. The summed E-state index contributed by atoms with van der Waals surface area (Å²) in [7, 11) is 0. The zero-order chi connectivity index (χ0) is 13.2. The summed E-state index contributed by atoms with van der Waals surface area (Å²) >= 11 is 1.07. The first kappa shape index (κ1) is 12.0. The van der Waals surface area contributed by atoms with Crippen LogP contribution in [0.2, 0.25) is 0 Å². The molecule has 1 atom stereocenters. The molecule has 94 valence electrons. The van der Waals surface area contributed by atoms with Gasteiger partial charge in [-0.1, -0.05) is 48.5 Å². The highest BCUT2D eigenvalue weighted by Gasteiger charge is 2.41. The van der Waals surface area contributed by atoms with Crippen molar-refractivity contribution >= 4 is 28.6 Å². The fourth-order valence-electron chi connectivity index (χ4n) is 2.06. The average Bonchev–Trinajstić information content (AvgIpc) is 2.76. The van der Waals surface area contributed by atoms with Crippen molar-refractivity contribution in [2.45, 2.75) is 5.25 Å². The van der Waals surface area contributed by atoms with Gasteiger partial charge in [0, 0.05) is 0 Å². The molecule has 0 bridgehead atoms. The maximum Gasteiger partial charge on any atom is 0.294 e. The predicted octanol–water partition coefficient (Wildman–Crippen LogP) is 3.63. The molecule has 0 radical (unpaired) electrons. The summed E-state index contributed by atoms with van der Waals surface area (Å²) in [6.07, 6.45) is 0. The molecular formula is C15H11NO2S. The van der Waals surface area contributed by atoms with E-state index in [4.69, 9.17) is 0 Å². The van der Waals surface area contributed by atoms with Gasteiger partial charge in [0.25, 0.3) is 11.1 Å². The fourth-order valence-corrected chi connectivity index (χ4v) is 3.06. The molecule has 2 aromatic carbocycles. The van der Waals surface area contributed by atoms with Crippen molar-refractivity contribution in [3.63, 3.8) is 0 Å². The Morgan fingerprint density at radius 2 is 1.42 bits per heavy atom. The van der Waals surface area contributed by atoms with E-state index >= 15 is 0 Å². The van der Waals surface area contributed by atoms with Crippen molar-refractivity contribution in [2.24, 2.45) is 0 Å². The standard InChI is InChI=1S/C15H11NO2S/c17-14-13(11-7-3-1-4-8-11)19-15(18)16(14)12-9-5-2-6-10-12/h1-10,13H. The van der Waals surface area contributed by atoms with Crippen molar-refractivity contribution in [2.75, 3.05) is 4.90 Å². The van der Waals surface area contributed by atoms with E-state index in [0.717, 1.165) is 17.3 Å².